The van der Waals surface area contributed by atoms with Gasteiger partial charge >= 0.3 is 34.5 Å². The van der Waals surface area contributed by atoms with Gasteiger partial charge in [0.2, 0.25) is 0 Å². The molecular formula is C24H18Cl2N2Ru. The van der Waals surface area contributed by atoms with Crippen molar-refractivity contribution < 1.29 is 15.1 Å². The van der Waals surface area contributed by atoms with Crippen LogP contribution in [0.4, 0.5) is 11.4 Å². The van der Waals surface area contributed by atoms with E-state index in [0.717, 1.165) is 12.1 Å². The minimum absolute atomic E-state index is 0.346. The summed E-state index contributed by atoms with van der Waals surface area (Å²) in [6.45, 7) is 0.855. The number of rotatable bonds is 2. The van der Waals surface area contributed by atoms with Crippen LogP contribution >= 0.6 is 19.4 Å². The molecule has 0 N–H and O–H groups in total. The van der Waals surface area contributed by atoms with Crippen LogP contribution in [0, 0.1) is 0 Å². The molecule has 146 valence electrons. The van der Waals surface area contributed by atoms with Crippen molar-refractivity contribution in [3.05, 3.63) is 96.7 Å². The first-order valence-electron chi connectivity index (χ1n) is 9.15. The molecule has 0 saturated heterocycles. The van der Waals surface area contributed by atoms with Crippen LogP contribution in [0.1, 0.15) is 5.56 Å². The molecule has 0 amide bonds. The van der Waals surface area contributed by atoms with Crippen LogP contribution in [0.2, 0.25) is 0 Å². The van der Waals surface area contributed by atoms with E-state index in [1.54, 1.807) is 0 Å². The molecule has 5 heteroatoms. The van der Waals surface area contributed by atoms with Gasteiger partial charge in [-0.05, 0) is 29.3 Å². The van der Waals surface area contributed by atoms with Gasteiger partial charge in [0.1, 0.15) is 0 Å². The first kappa shape index (κ1) is 20.1. The summed E-state index contributed by atoms with van der Waals surface area (Å²) >= 11 is -0.346. The average molecular weight is 506 g/mol. The van der Waals surface area contributed by atoms with Crippen LogP contribution in [0.3, 0.4) is 0 Å². The molecule has 1 aromatic heterocycles. The molecule has 0 atom stereocenters. The minimum atomic E-state index is -0.346. The zero-order chi connectivity index (χ0) is 20.1. The fourth-order valence-corrected chi connectivity index (χ4v) is 3.73. The Bertz CT molecular complexity index is 1130. The van der Waals surface area contributed by atoms with Crippen molar-refractivity contribution in [3.8, 4) is 11.1 Å². The average Bonchev–Trinajstić information content (AvgIpc) is 2.80. The van der Waals surface area contributed by atoms with Gasteiger partial charge in [-0.25, -0.2) is 0 Å². The van der Waals surface area contributed by atoms with E-state index in [9.17, 15) is 0 Å². The van der Waals surface area contributed by atoms with Gasteiger partial charge in [0.25, 0.3) is 0 Å². The van der Waals surface area contributed by atoms with Gasteiger partial charge < -0.3 is 4.90 Å². The van der Waals surface area contributed by atoms with Crippen molar-refractivity contribution >= 4 is 47.7 Å². The first-order valence-corrected chi connectivity index (χ1v) is 13.6. The van der Waals surface area contributed by atoms with Crippen LogP contribution < -0.4 is 4.90 Å². The van der Waals surface area contributed by atoms with Gasteiger partial charge in [-0.2, -0.15) is 0 Å². The van der Waals surface area contributed by atoms with Crippen LogP contribution in [-0.4, -0.2) is 11.5 Å². The van der Waals surface area contributed by atoms with Crippen molar-refractivity contribution in [2.45, 2.75) is 0 Å². The molecule has 1 aliphatic heterocycles. The summed E-state index contributed by atoms with van der Waals surface area (Å²) in [6.07, 6.45) is 6.33. The van der Waals surface area contributed by atoms with Crippen molar-refractivity contribution in [1.29, 1.82) is 0 Å². The van der Waals surface area contributed by atoms with Crippen molar-refractivity contribution in [2.24, 2.45) is 0 Å². The third-order valence-electron chi connectivity index (χ3n) is 4.93. The van der Waals surface area contributed by atoms with E-state index in [4.69, 9.17) is 24.4 Å². The molecule has 0 aliphatic carbocycles. The van der Waals surface area contributed by atoms with Crippen LogP contribution in [0.15, 0.2) is 91.1 Å². The Morgan fingerprint density at radius 3 is 2.24 bits per heavy atom. The summed E-state index contributed by atoms with van der Waals surface area (Å²) in [5.74, 6) is 0. The van der Waals surface area contributed by atoms with E-state index in [-0.39, 0.29) is 15.1 Å². The first-order chi connectivity index (χ1) is 14.3. The Balaban J connectivity index is 0.000000645. The predicted molar refractivity (Wildman–Crippen MR) is 121 cm³/mol. The van der Waals surface area contributed by atoms with Gasteiger partial charge in [-0.15, -0.1) is 0 Å². The second-order valence-electron chi connectivity index (χ2n) is 6.52. The number of anilines is 2. The van der Waals surface area contributed by atoms with E-state index >= 15 is 0 Å². The maximum absolute atomic E-state index is 4.85. The van der Waals surface area contributed by atoms with Gasteiger partial charge in [0.15, 0.2) is 0 Å². The van der Waals surface area contributed by atoms with Gasteiger partial charge in [-0.1, -0.05) is 72.8 Å². The van der Waals surface area contributed by atoms with Crippen molar-refractivity contribution in [2.75, 3.05) is 11.4 Å². The zero-order valence-electron chi connectivity index (χ0n) is 15.4. The monoisotopic (exact) mass is 506 g/mol. The van der Waals surface area contributed by atoms with E-state index in [0.29, 0.717) is 0 Å². The second-order valence-corrected chi connectivity index (χ2v) is 9.16. The molecule has 5 rings (SSSR count). The Labute approximate surface area is 186 Å². The number of halogens is 2. The summed E-state index contributed by atoms with van der Waals surface area (Å²) in [6, 6.07) is 27.6. The third-order valence-corrected chi connectivity index (χ3v) is 4.93. The fourth-order valence-electron chi connectivity index (χ4n) is 3.73. The summed E-state index contributed by atoms with van der Waals surface area (Å²) in [4.78, 5) is 7.13. The Hall–Kier alpha value is -2.19. The normalized spacial score (nSPS) is 12.4. The van der Waals surface area contributed by atoms with Crippen molar-refractivity contribution in [3.63, 3.8) is 0 Å². The van der Waals surface area contributed by atoms with E-state index in [1.807, 2.05) is 6.20 Å². The topological polar surface area (TPSA) is 16.1 Å². The van der Waals surface area contributed by atoms with E-state index in [2.05, 4.69) is 95.9 Å². The summed E-state index contributed by atoms with van der Waals surface area (Å²) in [7, 11) is 9.71. The Kier molecular flexibility index (Phi) is 6.61. The Morgan fingerprint density at radius 2 is 1.52 bits per heavy atom. The maximum atomic E-state index is 4.85. The number of hydrogen-bond donors (Lipinski definition) is 0. The molecule has 0 fully saturated rings. The number of hydrogen-bond acceptors (Lipinski definition) is 2. The molecule has 0 radical (unpaired) electrons. The summed E-state index contributed by atoms with van der Waals surface area (Å²) < 4.78 is 0. The molecule has 0 bridgehead atoms. The number of benzene rings is 3. The number of aromatic nitrogens is 1. The molecule has 0 saturated carbocycles. The molecule has 0 spiro atoms. The molecule has 1 aliphatic rings. The zero-order valence-corrected chi connectivity index (χ0v) is 18.7. The summed E-state index contributed by atoms with van der Waals surface area (Å²) in [5.41, 5.74) is 7.09. The molecule has 2 nitrogen and oxygen atoms in total. The van der Waals surface area contributed by atoms with Gasteiger partial charge in [-0.3, -0.25) is 4.98 Å². The van der Waals surface area contributed by atoms with E-state index in [1.165, 1.54) is 33.5 Å². The SMILES string of the molecule is C1=Cc2ccc3c(-c4ccccc4)ccnc3c2N(c2ccccc2)C1.[Cl][Ru][Cl]. The third kappa shape index (κ3) is 4.23. The number of para-hydroxylation sites is 1. The molecule has 4 aromatic rings. The van der Waals surface area contributed by atoms with Crippen LogP contribution in [0.5, 0.6) is 0 Å². The fraction of sp³-hybridized carbons (Fsp3) is 0.0417. The number of nitrogens with zero attached hydrogens (tertiary/aromatic N) is 2. The van der Waals surface area contributed by atoms with Crippen LogP contribution in [-0.2, 0) is 15.1 Å². The molecular weight excluding hydrogens is 488 g/mol. The Morgan fingerprint density at radius 1 is 0.828 bits per heavy atom. The van der Waals surface area contributed by atoms with Gasteiger partial charge in [0.05, 0.1) is 11.2 Å². The standard InChI is InChI=1S/C24H18N2.2ClH.Ru/c1-3-8-18(9-4-1)21-15-16-25-23-22(21)14-13-19-10-7-17-26(24(19)23)20-11-5-2-6-12-20;;;/h1-16H,17H2;2*1H;/q;;;+2/p-2. The number of fused-ring (bicyclic) bond motifs is 3. The second kappa shape index (κ2) is 9.54. The number of pyridine rings is 1. The molecule has 29 heavy (non-hydrogen) atoms. The molecule has 2 heterocycles. The molecule has 3 aromatic carbocycles. The van der Waals surface area contributed by atoms with E-state index < -0.39 is 0 Å². The summed E-state index contributed by atoms with van der Waals surface area (Å²) in [5, 5.41) is 1.19. The quantitative estimate of drug-likeness (QED) is 0.263. The molecule has 0 unspecified atom stereocenters. The van der Waals surface area contributed by atoms with Gasteiger partial charge in [0, 0.05) is 29.4 Å². The predicted octanol–water partition coefficient (Wildman–Crippen LogP) is 7.44. The van der Waals surface area contributed by atoms with Crippen molar-refractivity contribution in [1.82, 2.24) is 4.98 Å². The van der Waals surface area contributed by atoms with Crippen LogP contribution in [0.25, 0.3) is 28.1 Å².